The summed E-state index contributed by atoms with van der Waals surface area (Å²) < 4.78 is 16.9. The van der Waals surface area contributed by atoms with E-state index in [0.717, 1.165) is 16.7 Å². The van der Waals surface area contributed by atoms with E-state index >= 15 is 0 Å². The van der Waals surface area contributed by atoms with E-state index < -0.39 is 11.5 Å². The summed E-state index contributed by atoms with van der Waals surface area (Å²) in [6, 6.07) is 12.3. The smallest absolute Gasteiger partial charge is 0.338 e. The van der Waals surface area contributed by atoms with Gasteiger partial charge in [-0.05, 0) is 29.7 Å². The Kier molecular flexibility index (Phi) is 4.82. The Balaban J connectivity index is 1.47. The fourth-order valence-electron chi connectivity index (χ4n) is 3.75. The lowest BCUT2D eigenvalue weighted by molar-refractivity contribution is 0.0697. The van der Waals surface area contributed by atoms with Crippen LogP contribution < -0.4 is 5.56 Å². The van der Waals surface area contributed by atoms with Gasteiger partial charge in [0.25, 0.3) is 5.56 Å². The fourth-order valence-corrected chi connectivity index (χ4v) is 3.75. The normalized spacial score (nSPS) is 11.2. The number of aromatic carboxylic acids is 1. The van der Waals surface area contributed by atoms with E-state index in [-0.39, 0.29) is 22.8 Å². The molecule has 0 radical (unpaired) electrons. The number of carboxylic acid groups (broad SMARTS) is 1. The predicted octanol–water partition coefficient (Wildman–Crippen LogP) is 3.17. The molecule has 0 unspecified atom stereocenters. The van der Waals surface area contributed by atoms with Crippen LogP contribution >= 0.6 is 0 Å². The molecule has 0 spiro atoms. The molecule has 9 nitrogen and oxygen atoms in total. The lowest BCUT2D eigenvalue weighted by Gasteiger charge is -2.10. The molecule has 164 valence electrons. The third-order valence-corrected chi connectivity index (χ3v) is 5.32. The minimum absolute atomic E-state index is 0.0253. The van der Waals surface area contributed by atoms with Crippen LogP contribution in [0.25, 0.3) is 28.1 Å². The molecule has 0 fully saturated rings. The van der Waals surface area contributed by atoms with Crippen molar-refractivity contribution in [2.24, 2.45) is 0 Å². The molecule has 2 N–H and O–H groups in total. The zero-order valence-corrected chi connectivity index (χ0v) is 17.4. The molecule has 2 aromatic carbocycles. The number of nitrogens with zero attached hydrogens (tertiary/aromatic N) is 5. The van der Waals surface area contributed by atoms with Crippen LogP contribution in [0.4, 0.5) is 4.39 Å². The quantitative estimate of drug-likeness (QED) is 0.430. The van der Waals surface area contributed by atoms with Crippen LogP contribution in [0.2, 0.25) is 0 Å². The topological polar surface area (TPSA) is 119 Å². The maximum Gasteiger partial charge on any atom is 0.338 e. The van der Waals surface area contributed by atoms with Gasteiger partial charge in [0.1, 0.15) is 11.3 Å². The van der Waals surface area contributed by atoms with Crippen LogP contribution in [-0.4, -0.2) is 40.6 Å². The van der Waals surface area contributed by atoms with Gasteiger partial charge in [-0.1, -0.05) is 36.4 Å². The third kappa shape index (κ3) is 3.67. The Morgan fingerprint density at radius 2 is 1.94 bits per heavy atom. The Morgan fingerprint density at radius 1 is 1.12 bits per heavy atom. The number of carboxylic acids is 1. The van der Waals surface area contributed by atoms with Crippen molar-refractivity contribution in [2.45, 2.75) is 13.5 Å². The van der Waals surface area contributed by atoms with E-state index in [1.54, 1.807) is 18.2 Å². The van der Waals surface area contributed by atoms with E-state index in [9.17, 15) is 14.0 Å². The summed E-state index contributed by atoms with van der Waals surface area (Å²) in [7, 11) is 0. The van der Waals surface area contributed by atoms with Crippen molar-refractivity contribution in [3.05, 3.63) is 93.9 Å². The SMILES string of the molecule is Cc1cc(Cn2ncc3nc(-n4cc(C(=O)O)cn4)[nH]c(=O)c32)ccc1-c1ccccc1F. The average molecular weight is 444 g/mol. The molecule has 10 heteroatoms. The molecule has 0 aliphatic heterocycles. The molecule has 0 bridgehead atoms. The monoisotopic (exact) mass is 444 g/mol. The Hall–Kier alpha value is -4.60. The van der Waals surface area contributed by atoms with E-state index in [0.29, 0.717) is 17.6 Å². The van der Waals surface area contributed by atoms with Crippen molar-refractivity contribution in [3.8, 4) is 17.1 Å². The van der Waals surface area contributed by atoms with Crippen LogP contribution in [0.1, 0.15) is 21.5 Å². The number of aryl methyl sites for hydroxylation is 1. The highest BCUT2D eigenvalue weighted by Gasteiger charge is 2.15. The van der Waals surface area contributed by atoms with Gasteiger partial charge >= 0.3 is 5.97 Å². The van der Waals surface area contributed by atoms with Crippen molar-refractivity contribution in [3.63, 3.8) is 0 Å². The highest BCUT2D eigenvalue weighted by molar-refractivity contribution is 5.87. The first-order valence-electron chi connectivity index (χ1n) is 9.99. The van der Waals surface area contributed by atoms with Gasteiger partial charge in [0.15, 0.2) is 5.52 Å². The summed E-state index contributed by atoms with van der Waals surface area (Å²) in [6.07, 6.45) is 3.90. The molecule has 3 aromatic heterocycles. The van der Waals surface area contributed by atoms with Crippen LogP contribution in [0.3, 0.4) is 0 Å². The number of halogens is 1. The van der Waals surface area contributed by atoms with Crippen molar-refractivity contribution in [1.29, 1.82) is 0 Å². The molecule has 5 aromatic rings. The first kappa shape index (κ1) is 20.3. The number of nitrogens with one attached hydrogen (secondary N) is 1. The Morgan fingerprint density at radius 3 is 2.67 bits per heavy atom. The molecule has 0 saturated carbocycles. The van der Waals surface area contributed by atoms with Gasteiger partial charge in [-0.15, -0.1) is 0 Å². The summed E-state index contributed by atoms with van der Waals surface area (Å²) >= 11 is 0. The number of benzene rings is 2. The van der Waals surface area contributed by atoms with Gasteiger partial charge in [0.2, 0.25) is 5.95 Å². The lowest BCUT2D eigenvalue weighted by Crippen LogP contribution is -2.17. The van der Waals surface area contributed by atoms with Crippen LogP contribution in [0, 0.1) is 12.7 Å². The predicted molar refractivity (Wildman–Crippen MR) is 118 cm³/mol. The average Bonchev–Trinajstić information content (AvgIpc) is 3.43. The second kappa shape index (κ2) is 7.83. The maximum atomic E-state index is 14.2. The molecule has 5 rings (SSSR count). The molecule has 0 atom stereocenters. The minimum atomic E-state index is -1.13. The zero-order valence-electron chi connectivity index (χ0n) is 17.4. The highest BCUT2D eigenvalue weighted by atomic mass is 19.1. The number of aromatic amines is 1. The highest BCUT2D eigenvalue weighted by Crippen LogP contribution is 2.27. The van der Waals surface area contributed by atoms with Crippen molar-refractivity contribution >= 4 is 17.0 Å². The van der Waals surface area contributed by atoms with Gasteiger partial charge in [0, 0.05) is 11.8 Å². The summed E-state index contributed by atoms with van der Waals surface area (Å²) in [4.78, 5) is 30.8. The molecule has 0 saturated heterocycles. The van der Waals surface area contributed by atoms with Crippen molar-refractivity contribution in [2.75, 3.05) is 0 Å². The van der Waals surface area contributed by atoms with Gasteiger partial charge in [-0.25, -0.2) is 18.9 Å². The number of hydrogen-bond acceptors (Lipinski definition) is 5. The Labute approximate surface area is 185 Å². The molecular weight excluding hydrogens is 427 g/mol. The maximum absolute atomic E-state index is 14.2. The zero-order chi connectivity index (χ0) is 23.1. The summed E-state index contributed by atoms with van der Waals surface area (Å²) in [5.41, 5.74) is 3.29. The number of aromatic nitrogens is 6. The van der Waals surface area contributed by atoms with Gasteiger partial charge in [-0.3, -0.25) is 14.5 Å². The first-order valence-corrected chi connectivity index (χ1v) is 9.99. The van der Waals surface area contributed by atoms with Crippen LogP contribution in [0.15, 0.2) is 65.8 Å². The second-order valence-corrected chi connectivity index (χ2v) is 7.53. The number of rotatable bonds is 5. The minimum Gasteiger partial charge on any atom is -0.478 e. The molecule has 3 heterocycles. The van der Waals surface area contributed by atoms with Crippen molar-refractivity contribution in [1.82, 2.24) is 29.5 Å². The van der Waals surface area contributed by atoms with Gasteiger partial charge in [0.05, 0.1) is 24.5 Å². The third-order valence-electron chi connectivity index (χ3n) is 5.32. The van der Waals surface area contributed by atoms with E-state index in [1.807, 2.05) is 25.1 Å². The number of fused-ring (bicyclic) bond motifs is 1. The number of hydrogen-bond donors (Lipinski definition) is 2. The molecule has 0 aliphatic carbocycles. The van der Waals surface area contributed by atoms with Crippen molar-refractivity contribution < 1.29 is 14.3 Å². The molecular formula is C23H17FN6O3. The standard InChI is InChI=1S/C23H17FN6O3/c1-13-8-14(6-7-16(13)17-4-2-3-5-18(17)24)11-29-20-19(10-26-29)27-23(28-21(20)31)30-12-15(9-25-30)22(32)33/h2-10,12H,11H2,1H3,(H,32,33)(H,27,28,31). The fraction of sp³-hybridized carbons (Fsp3) is 0.0870. The molecule has 33 heavy (non-hydrogen) atoms. The molecule has 0 amide bonds. The van der Waals surface area contributed by atoms with E-state index in [4.69, 9.17) is 5.11 Å². The number of H-pyrrole nitrogens is 1. The van der Waals surface area contributed by atoms with E-state index in [2.05, 4.69) is 20.2 Å². The summed E-state index contributed by atoms with van der Waals surface area (Å²) in [5.74, 6) is -1.33. The molecule has 0 aliphatic rings. The van der Waals surface area contributed by atoms with E-state index in [1.165, 1.54) is 34.0 Å². The van der Waals surface area contributed by atoms with Crippen LogP contribution in [-0.2, 0) is 6.54 Å². The van der Waals surface area contributed by atoms with Gasteiger partial charge < -0.3 is 5.11 Å². The Bertz CT molecular complexity index is 1580. The van der Waals surface area contributed by atoms with Gasteiger partial charge in [-0.2, -0.15) is 10.2 Å². The summed E-state index contributed by atoms with van der Waals surface area (Å²) in [5, 5.41) is 17.3. The lowest BCUT2D eigenvalue weighted by atomic mass is 9.98. The largest absolute Gasteiger partial charge is 0.478 e. The first-order chi connectivity index (χ1) is 15.9. The summed E-state index contributed by atoms with van der Waals surface area (Å²) in [6.45, 7) is 2.22. The second-order valence-electron chi connectivity index (χ2n) is 7.53. The number of carbonyl (C=O) groups is 1. The van der Waals surface area contributed by atoms with Crippen LogP contribution in [0.5, 0.6) is 0 Å².